The quantitative estimate of drug-likeness (QED) is 0.0827. The van der Waals surface area contributed by atoms with Gasteiger partial charge < -0.3 is 71.2 Å². The summed E-state index contributed by atoms with van der Waals surface area (Å²) in [5.41, 5.74) is -0.512. The van der Waals surface area contributed by atoms with Gasteiger partial charge in [-0.25, -0.2) is 4.79 Å². The van der Waals surface area contributed by atoms with Crippen LogP contribution < -0.4 is 0 Å². The van der Waals surface area contributed by atoms with E-state index in [2.05, 4.69) is 6.92 Å². The molecule has 0 aliphatic carbocycles. The van der Waals surface area contributed by atoms with Gasteiger partial charge in [0.2, 0.25) is 0 Å². The minimum Gasteiger partial charge on any atom is -0.444 e. The van der Waals surface area contributed by atoms with Crippen molar-refractivity contribution in [2.75, 3.05) is 185 Å². The van der Waals surface area contributed by atoms with Crippen molar-refractivity contribution in [3.8, 4) is 0 Å². The number of nitrogens with zero attached hydrogens (tertiary/aromatic N) is 1. The largest absolute Gasteiger partial charge is 0.444 e. The maximum absolute atomic E-state index is 11.9. The zero-order valence-electron chi connectivity index (χ0n) is 34.5. The first kappa shape index (κ1) is 52.8. The van der Waals surface area contributed by atoms with Gasteiger partial charge in [0.15, 0.2) is 0 Å². The first-order valence-corrected chi connectivity index (χ1v) is 19.8. The predicted octanol–water partition coefficient (Wildman–Crippen LogP) is 3.65. The number of amides is 1. The average Bonchev–Trinajstić information content (AvgIpc) is 3.14. The Bertz CT molecular complexity index is 748. The fraction of sp³-hybridized carbons (Fsp3) is 0.974. The second kappa shape index (κ2) is 42.9. The van der Waals surface area contributed by atoms with Crippen LogP contribution in [0.2, 0.25) is 0 Å². The van der Waals surface area contributed by atoms with E-state index in [1.807, 2.05) is 20.8 Å². The molecule has 0 fully saturated rings. The Kier molecular flexibility index (Phi) is 41.9. The number of likely N-dealkylation sites (N-methyl/N-ethyl adjacent to an activating group) is 1. The van der Waals surface area contributed by atoms with Crippen LogP contribution in [0.15, 0.2) is 0 Å². The van der Waals surface area contributed by atoms with Crippen LogP contribution in [-0.2, 0) is 66.3 Å². The Hall–Kier alpha value is -1.25. The normalized spacial score (nSPS) is 11.8. The van der Waals surface area contributed by atoms with Crippen LogP contribution in [0.4, 0.5) is 4.79 Å². The molecule has 0 saturated heterocycles. The molecule has 0 bridgehead atoms. The smallest absolute Gasteiger partial charge is 0.410 e. The topological polar surface area (TPSA) is 150 Å². The zero-order chi connectivity index (χ0) is 39.5. The van der Waals surface area contributed by atoms with Crippen molar-refractivity contribution in [1.29, 1.82) is 0 Å². The van der Waals surface area contributed by atoms with Gasteiger partial charge in [-0.2, -0.15) is 0 Å². The predicted molar refractivity (Wildman–Crippen MR) is 204 cm³/mol. The van der Waals surface area contributed by atoms with Crippen molar-refractivity contribution in [2.45, 2.75) is 59.0 Å². The lowest BCUT2D eigenvalue weighted by Gasteiger charge is -2.24. The van der Waals surface area contributed by atoms with Gasteiger partial charge in [-0.3, -0.25) is 0 Å². The molecule has 16 nitrogen and oxygen atoms in total. The monoisotopic (exact) mass is 788 g/mol. The molecular formula is C38H77NO15. The average molecular weight is 788 g/mol. The first-order valence-electron chi connectivity index (χ1n) is 19.8. The summed E-state index contributed by atoms with van der Waals surface area (Å²) in [4.78, 5) is 13.4. The second-order valence-electron chi connectivity index (χ2n) is 12.9. The highest BCUT2D eigenvalue weighted by Gasteiger charge is 2.19. The highest BCUT2D eigenvalue weighted by Crippen LogP contribution is 2.08. The number of hydrogen-bond acceptors (Lipinski definition) is 15. The summed E-state index contributed by atoms with van der Waals surface area (Å²) in [5, 5.41) is 0. The maximum atomic E-state index is 11.9. The molecule has 0 N–H and O–H groups in total. The summed E-state index contributed by atoms with van der Waals surface area (Å²) < 4.78 is 76.7. The number of rotatable bonds is 44. The van der Waals surface area contributed by atoms with Crippen molar-refractivity contribution < 1.29 is 71.1 Å². The molecule has 0 atom stereocenters. The van der Waals surface area contributed by atoms with Gasteiger partial charge in [-0.1, -0.05) is 26.2 Å². The Morgan fingerprint density at radius 1 is 0.370 bits per heavy atom. The van der Waals surface area contributed by atoms with Gasteiger partial charge in [0.25, 0.3) is 0 Å². The van der Waals surface area contributed by atoms with E-state index in [9.17, 15) is 4.79 Å². The number of hydrogen-bond donors (Lipinski definition) is 0. The molecule has 0 aromatic carbocycles. The summed E-state index contributed by atoms with van der Waals surface area (Å²) >= 11 is 0. The molecule has 0 aromatic heterocycles. The SMILES string of the molecule is CCCCCCOCCOCCOCCOCCOCCOCCOCCOCCOCCOCCOCCOCCOCCN(C)C(=O)OC(C)(C)C. The van der Waals surface area contributed by atoms with Gasteiger partial charge >= 0.3 is 6.09 Å². The molecule has 0 aliphatic rings. The highest BCUT2D eigenvalue weighted by molar-refractivity contribution is 5.67. The van der Waals surface area contributed by atoms with E-state index in [1.165, 1.54) is 24.2 Å². The molecule has 324 valence electrons. The van der Waals surface area contributed by atoms with Gasteiger partial charge in [0, 0.05) is 20.2 Å². The Balaban J connectivity index is 3.12. The van der Waals surface area contributed by atoms with Crippen LogP contribution in [0, 0.1) is 0 Å². The lowest BCUT2D eigenvalue weighted by molar-refractivity contribution is -0.0291. The minimum absolute atomic E-state index is 0.365. The van der Waals surface area contributed by atoms with Crippen molar-refractivity contribution >= 4 is 6.09 Å². The van der Waals surface area contributed by atoms with E-state index in [-0.39, 0.29) is 6.09 Å². The third kappa shape index (κ3) is 45.1. The van der Waals surface area contributed by atoms with Gasteiger partial charge in [0.1, 0.15) is 5.60 Å². The summed E-state index contributed by atoms with van der Waals surface area (Å²) in [5.74, 6) is 0. The number of carbonyl (C=O) groups excluding carboxylic acids is 1. The number of unbranched alkanes of at least 4 members (excludes halogenated alkanes) is 3. The minimum atomic E-state index is -0.512. The van der Waals surface area contributed by atoms with Gasteiger partial charge in [-0.15, -0.1) is 0 Å². The number of ether oxygens (including phenoxy) is 14. The molecule has 16 heteroatoms. The van der Waals surface area contributed by atoms with Crippen molar-refractivity contribution in [2.24, 2.45) is 0 Å². The molecule has 0 radical (unpaired) electrons. The van der Waals surface area contributed by atoms with Crippen molar-refractivity contribution in [3.63, 3.8) is 0 Å². The summed E-state index contributed by atoms with van der Waals surface area (Å²) in [6.45, 7) is 21.7. The molecule has 0 aliphatic heterocycles. The molecular weight excluding hydrogens is 710 g/mol. The third-order valence-corrected chi connectivity index (χ3v) is 6.88. The van der Waals surface area contributed by atoms with Crippen LogP contribution in [0.25, 0.3) is 0 Å². The van der Waals surface area contributed by atoms with Crippen molar-refractivity contribution in [3.05, 3.63) is 0 Å². The van der Waals surface area contributed by atoms with E-state index in [0.29, 0.717) is 172 Å². The van der Waals surface area contributed by atoms with Crippen LogP contribution >= 0.6 is 0 Å². The lowest BCUT2D eigenvalue weighted by atomic mass is 10.2. The summed E-state index contributed by atoms with van der Waals surface area (Å²) in [6, 6.07) is 0. The summed E-state index contributed by atoms with van der Waals surface area (Å²) in [7, 11) is 1.68. The molecule has 0 heterocycles. The first-order chi connectivity index (χ1) is 26.4. The Morgan fingerprint density at radius 2 is 0.611 bits per heavy atom. The third-order valence-electron chi connectivity index (χ3n) is 6.88. The Labute approximate surface area is 326 Å². The fourth-order valence-electron chi connectivity index (χ4n) is 4.00. The number of carbonyl (C=O) groups is 1. The van der Waals surface area contributed by atoms with Crippen LogP contribution in [0.1, 0.15) is 53.4 Å². The van der Waals surface area contributed by atoms with Gasteiger partial charge in [-0.05, 0) is 27.2 Å². The van der Waals surface area contributed by atoms with Gasteiger partial charge in [0.05, 0.1) is 165 Å². The summed E-state index contributed by atoms with van der Waals surface area (Å²) in [6.07, 6.45) is 4.51. The van der Waals surface area contributed by atoms with E-state index < -0.39 is 5.60 Å². The molecule has 1 amide bonds. The van der Waals surface area contributed by atoms with Crippen LogP contribution in [0.5, 0.6) is 0 Å². The molecule has 0 rings (SSSR count). The maximum Gasteiger partial charge on any atom is 0.410 e. The molecule has 0 spiro atoms. The fourth-order valence-corrected chi connectivity index (χ4v) is 4.00. The van der Waals surface area contributed by atoms with E-state index in [1.54, 1.807) is 7.05 Å². The lowest BCUT2D eigenvalue weighted by Crippen LogP contribution is -2.36. The second-order valence-corrected chi connectivity index (χ2v) is 12.9. The molecule has 0 saturated carbocycles. The highest BCUT2D eigenvalue weighted by atomic mass is 16.6. The van der Waals surface area contributed by atoms with E-state index in [4.69, 9.17) is 66.3 Å². The molecule has 0 unspecified atom stereocenters. The van der Waals surface area contributed by atoms with E-state index >= 15 is 0 Å². The zero-order valence-corrected chi connectivity index (χ0v) is 34.5. The van der Waals surface area contributed by atoms with Crippen LogP contribution in [0.3, 0.4) is 0 Å². The van der Waals surface area contributed by atoms with E-state index in [0.717, 1.165) is 13.0 Å². The van der Waals surface area contributed by atoms with Crippen molar-refractivity contribution in [1.82, 2.24) is 4.90 Å². The van der Waals surface area contributed by atoms with Crippen LogP contribution in [-0.4, -0.2) is 202 Å². The Morgan fingerprint density at radius 3 is 0.852 bits per heavy atom. The molecule has 54 heavy (non-hydrogen) atoms. The standard InChI is InChI=1S/C38H77NO15/c1-6-7-8-9-11-41-13-15-43-17-19-45-21-23-47-25-27-49-29-31-51-33-35-53-36-34-52-32-30-50-28-26-48-24-22-46-20-18-44-16-14-42-12-10-39(5)37(40)54-38(2,3)4/h6-36H2,1-5H3. The molecule has 0 aromatic rings.